The van der Waals surface area contributed by atoms with Gasteiger partial charge in [0.15, 0.2) is 5.69 Å². The van der Waals surface area contributed by atoms with Gasteiger partial charge < -0.3 is 5.32 Å². The van der Waals surface area contributed by atoms with Crippen molar-refractivity contribution in [3.05, 3.63) is 136 Å². The number of hydrogen-bond donors (Lipinski definition) is 1. The van der Waals surface area contributed by atoms with Crippen LogP contribution in [0.25, 0.3) is 16.9 Å². The van der Waals surface area contributed by atoms with E-state index in [0.29, 0.717) is 12.2 Å². The summed E-state index contributed by atoms with van der Waals surface area (Å²) in [4.78, 5) is 25.7. The molecule has 8 heteroatoms. The fraction of sp³-hybridized carbons (Fsp3) is 0.103. The van der Waals surface area contributed by atoms with Gasteiger partial charge in [-0.15, -0.1) is 0 Å². The lowest BCUT2D eigenvalue weighted by atomic mass is 10.1. The standard InChI is InChI=1S/C29H24FN5O2/c1-20-16-26(36)28(33-35(20)25-15-9-8-14-24(25)30)29(37)31-17-23-19-34(18-21-10-4-2-5-11-21)32-27(23)22-12-6-3-7-13-22/h2-16,19H,17-18H2,1H3,(H,31,37). The summed E-state index contributed by atoms with van der Waals surface area (Å²) < 4.78 is 17.5. The molecule has 0 fully saturated rings. The van der Waals surface area contributed by atoms with Gasteiger partial charge in [-0.3, -0.25) is 14.3 Å². The molecule has 1 N–H and O–H groups in total. The first kappa shape index (κ1) is 23.9. The van der Waals surface area contributed by atoms with Crippen LogP contribution < -0.4 is 10.7 Å². The summed E-state index contributed by atoms with van der Waals surface area (Å²) in [5.41, 5.74) is 3.25. The molecule has 0 aliphatic heterocycles. The van der Waals surface area contributed by atoms with E-state index >= 15 is 0 Å². The maximum atomic E-state index is 14.4. The number of carbonyl (C=O) groups is 1. The zero-order valence-electron chi connectivity index (χ0n) is 20.1. The molecule has 0 aliphatic carbocycles. The lowest BCUT2D eigenvalue weighted by molar-refractivity contribution is 0.0943. The second-order valence-corrected chi connectivity index (χ2v) is 8.60. The van der Waals surface area contributed by atoms with Gasteiger partial charge in [0.25, 0.3) is 5.91 Å². The second-order valence-electron chi connectivity index (χ2n) is 8.60. The Balaban J connectivity index is 1.43. The minimum absolute atomic E-state index is 0.131. The van der Waals surface area contributed by atoms with E-state index in [2.05, 4.69) is 10.4 Å². The molecule has 184 valence electrons. The highest BCUT2D eigenvalue weighted by Gasteiger charge is 2.18. The number of rotatable bonds is 7. The van der Waals surface area contributed by atoms with Gasteiger partial charge in [0.2, 0.25) is 5.43 Å². The average Bonchev–Trinajstić information content (AvgIpc) is 3.31. The minimum Gasteiger partial charge on any atom is -0.346 e. The van der Waals surface area contributed by atoms with Crippen molar-refractivity contribution >= 4 is 5.91 Å². The molecule has 7 nitrogen and oxygen atoms in total. The molecule has 0 aliphatic rings. The summed E-state index contributed by atoms with van der Waals surface area (Å²) in [7, 11) is 0. The van der Waals surface area contributed by atoms with Crippen LogP contribution in [0.5, 0.6) is 0 Å². The predicted molar refractivity (Wildman–Crippen MR) is 139 cm³/mol. The number of benzene rings is 3. The molecule has 0 bridgehead atoms. The van der Waals surface area contributed by atoms with Gasteiger partial charge in [-0.05, 0) is 24.6 Å². The number of halogens is 1. The van der Waals surface area contributed by atoms with Crippen LogP contribution in [0.15, 0.2) is 102 Å². The topological polar surface area (TPSA) is 81.8 Å². The Kier molecular flexibility index (Phi) is 6.72. The fourth-order valence-corrected chi connectivity index (χ4v) is 4.11. The van der Waals surface area contributed by atoms with E-state index < -0.39 is 17.2 Å². The van der Waals surface area contributed by atoms with Crippen LogP contribution in [0, 0.1) is 12.7 Å². The maximum Gasteiger partial charge on any atom is 0.276 e. The molecule has 0 saturated carbocycles. The third kappa shape index (κ3) is 5.23. The first-order valence-corrected chi connectivity index (χ1v) is 11.8. The van der Waals surface area contributed by atoms with Crippen LogP contribution in [0.2, 0.25) is 0 Å². The highest BCUT2D eigenvalue weighted by Crippen LogP contribution is 2.22. The Morgan fingerprint density at radius 3 is 2.32 bits per heavy atom. The molecule has 0 atom stereocenters. The molecule has 0 radical (unpaired) electrons. The number of amides is 1. The van der Waals surface area contributed by atoms with Gasteiger partial charge >= 0.3 is 0 Å². The van der Waals surface area contributed by atoms with Crippen molar-refractivity contribution in [2.24, 2.45) is 0 Å². The van der Waals surface area contributed by atoms with E-state index in [0.717, 1.165) is 22.4 Å². The summed E-state index contributed by atoms with van der Waals surface area (Å²) in [6.07, 6.45) is 1.88. The Morgan fingerprint density at radius 2 is 1.59 bits per heavy atom. The van der Waals surface area contributed by atoms with E-state index in [-0.39, 0.29) is 17.9 Å². The van der Waals surface area contributed by atoms with Gasteiger partial charge in [0, 0.05) is 35.6 Å². The van der Waals surface area contributed by atoms with Crippen molar-refractivity contribution in [3.63, 3.8) is 0 Å². The minimum atomic E-state index is -0.648. The quantitative estimate of drug-likeness (QED) is 0.361. The number of aromatic nitrogens is 4. The SMILES string of the molecule is Cc1cc(=O)c(C(=O)NCc2cn(Cc3ccccc3)nc2-c2ccccc2)nn1-c1ccccc1F. The predicted octanol–water partition coefficient (Wildman–Crippen LogP) is 4.52. The molecule has 1 amide bonds. The summed E-state index contributed by atoms with van der Waals surface area (Å²) in [6.45, 7) is 2.34. The van der Waals surface area contributed by atoms with Crippen LogP contribution >= 0.6 is 0 Å². The molecule has 2 heterocycles. The molecule has 0 spiro atoms. The zero-order valence-corrected chi connectivity index (χ0v) is 20.1. The van der Waals surface area contributed by atoms with Gasteiger partial charge in [-0.25, -0.2) is 9.07 Å². The maximum absolute atomic E-state index is 14.4. The third-order valence-electron chi connectivity index (χ3n) is 5.91. The largest absolute Gasteiger partial charge is 0.346 e. The van der Waals surface area contributed by atoms with E-state index in [1.807, 2.05) is 71.5 Å². The molecule has 5 aromatic rings. The van der Waals surface area contributed by atoms with E-state index in [1.54, 1.807) is 19.1 Å². The van der Waals surface area contributed by atoms with Gasteiger partial charge in [0.1, 0.15) is 11.5 Å². The monoisotopic (exact) mass is 493 g/mol. The molecular weight excluding hydrogens is 469 g/mol. The van der Waals surface area contributed by atoms with Crippen molar-refractivity contribution in [2.45, 2.75) is 20.0 Å². The molecule has 37 heavy (non-hydrogen) atoms. The number of nitrogens with zero attached hydrogens (tertiary/aromatic N) is 4. The number of carbonyl (C=O) groups excluding carboxylic acids is 1. The van der Waals surface area contributed by atoms with E-state index in [1.165, 1.54) is 22.9 Å². The summed E-state index contributed by atoms with van der Waals surface area (Å²) >= 11 is 0. The average molecular weight is 494 g/mol. The van der Waals surface area contributed by atoms with Crippen LogP contribution in [0.3, 0.4) is 0 Å². The van der Waals surface area contributed by atoms with Crippen LogP contribution in [0.1, 0.15) is 27.3 Å². The lowest BCUT2D eigenvalue weighted by Crippen LogP contribution is -2.31. The Hall–Kier alpha value is -4.85. The summed E-state index contributed by atoms with van der Waals surface area (Å²) in [5, 5.41) is 11.7. The lowest BCUT2D eigenvalue weighted by Gasteiger charge is -2.12. The molecule has 5 rings (SSSR count). The molecule has 2 aromatic heterocycles. The van der Waals surface area contributed by atoms with Crippen LogP contribution in [-0.2, 0) is 13.1 Å². The highest BCUT2D eigenvalue weighted by molar-refractivity contribution is 5.92. The molecular formula is C29H24FN5O2. The number of para-hydroxylation sites is 1. The summed E-state index contributed by atoms with van der Waals surface area (Å²) in [6, 6.07) is 27.0. The molecule has 3 aromatic carbocycles. The van der Waals surface area contributed by atoms with Crippen LogP contribution in [0.4, 0.5) is 4.39 Å². The first-order chi connectivity index (χ1) is 18.0. The Morgan fingerprint density at radius 1 is 0.919 bits per heavy atom. The van der Waals surface area contributed by atoms with Gasteiger partial charge in [-0.2, -0.15) is 10.2 Å². The van der Waals surface area contributed by atoms with Crippen molar-refractivity contribution in [2.75, 3.05) is 0 Å². The van der Waals surface area contributed by atoms with Crippen LogP contribution in [-0.4, -0.2) is 25.5 Å². The Labute approximate surface area is 212 Å². The summed E-state index contributed by atoms with van der Waals surface area (Å²) in [5.74, 6) is -1.16. The highest BCUT2D eigenvalue weighted by atomic mass is 19.1. The normalized spacial score (nSPS) is 10.9. The van der Waals surface area contributed by atoms with Crippen molar-refractivity contribution in [1.29, 1.82) is 0 Å². The second kappa shape index (κ2) is 10.4. The molecule has 0 unspecified atom stereocenters. The molecule has 0 saturated heterocycles. The zero-order chi connectivity index (χ0) is 25.8. The van der Waals surface area contributed by atoms with Gasteiger partial charge in [0.05, 0.1) is 12.2 Å². The van der Waals surface area contributed by atoms with Crippen molar-refractivity contribution in [3.8, 4) is 16.9 Å². The Bertz CT molecular complexity index is 1610. The number of hydrogen-bond acceptors (Lipinski definition) is 4. The van der Waals surface area contributed by atoms with Crippen molar-refractivity contribution in [1.82, 2.24) is 24.9 Å². The fourth-order valence-electron chi connectivity index (χ4n) is 4.11. The first-order valence-electron chi connectivity index (χ1n) is 11.8. The van der Waals surface area contributed by atoms with Gasteiger partial charge in [-0.1, -0.05) is 72.8 Å². The van der Waals surface area contributed by atoms with E-state index in [4.69, 9.17) is 5.10 Å². The number of aryl methyl sites for hydroxylation is 1. The number of nitrogens with one attached hydrogen (secondary N) is 1. The van der Waals surface area contributed by atoms with Crippen molar-refractivity contribution < 1.29 is 9.18 Å². The smallest absolute Gasteiger partial charge is 0.276 e. The van der Waals surface area contributed by atoms with E-state index in [9.17, 15) is 14.0 Å². The third-order valence-corrected chi connectivity index (χ3v) is 5.91.